The van der Waals surface area contributed by atoms with Gasteiger partial charge in [0.25, 0.3) is 5.91 Å². The SMILES string of the molecule is CC(=O)/C=C(\C)NNC(=O)c1ccc(N(C)C)cc1. The molecule has 1 aromatic carbocycles. The van der Waals surface area contributed by atoms with E-state index in [-0.39, 0.29) is 11.7 Å². The maximum atomic E-state index is 11.8. The van der Waals surface area contributed by atoms with Crippen molar-refractivity contribution in [1.82, 2.24) is 10.9 Å². The van der Waals surface area contributed by atoms with E-state index < -0.39 is 0 Å². The van der Waals surface area contributed by atoms with E-state index in [9.17, 15) is 9.59 Å². The first-order valence-corrected chi connectivity index (χ1v) is 5.92. The second-order valence-corrected chi connectivity index (χ2v) is 4.46. The summed E-state index contributed by atoms with van der Waals surface area (Å²) in [6, 6.07) is 7.23. The zero-order valence-corrected chi connectivity index (χ0v) is 11.7. The summed E-state index contributed by atoms with van der Waals surface area (Å²) in [5, 5.41) is 0. The van der Waals surface area contributed by atoms with Crippen LogP contribution >= 0.6 is 0 Å². The van der Waals surface area contributed by atoms with Crippen molar-refractivity contribution in [3.8, 4) is 0 Å². The normalized spacial score (nSPS) is 10.8. The minimum Gasteiger partial charge on any atom is -0.378 e. The van der Waals surface area contributed by atoms with Gasteiger partial charge in [-0.2, -0.15) is 0 Å². The first-order valence-electron chi connectivity index (χ1n) is 5.92. The van der Waals surface area contributed by atoms with E-state index in [0.717, 1.165) is 5.69 Å². The molecule has 5 heteroatoms. The summed E-state index contributed by atoms with van der Waals surface area (Å²) < 4.78 is 0. The van der Waals surface area contributed by atoms with Crippen molar-refractivity contribution in [3.63, 3.8) is 0 Å². The molecule has 0 aliphatic heterocycles. The van der Waals surface area contributed by atoms with Gasteiger partial charge >= 0.3 is 0 Å². The number of hydrogen-bond donors (Lipinski definition) is 2. The number of benzene rings is 1. The van der Waals surface area contributed by atoms with E-state index in [2.05, 4.69) is 10.9 Å². The Morgan fingerprint density at radius 3 is 2.11 bits per heavy atom. The van der Waals surface area contributed by atoms with Crippen LogP contribution in [0.15, 0.2) is 36.0 Å². The Morgan fingerprint density at radius 2 is 1.63 bits per heavy atom. The largest absolute Gasteiger partial charge is 0.378 e. The fraction of sp³-hybridized carbons (Fsp3) is 0.286. The lowest BCUT2D eigenvalue weighted by Crippen LogP contribution is -2.36. The predicted molar refractivity (Wildman–Crippen MR) is 75.8 cm³/mol. The number of carbonyl (C=O) groups is 2. The minimum absolute atomic E-state index is 0.0745. The Kier molecular flexibility index (Phi) is 5.11. The Hall–Kier alpha value is -2.30. The first kappa shape index (κ1) is 14.8. The Bertz CT molecular complexity index is 490. The molecule has 1 aromatic rings. The molecule has 0 atom stereocenters. The lowest BCUT2D eigenvalue weighted by molar-refractivity contribution is -0.112. The highest BCUT2D eigenvalue weighted by atomic mass is 16.2. The monoisotopic (exact) mass is 261 g/mol. The van der Waals surface area contributed by atoms with Crippen molar-refractivity contribution >= 4 is 17.4 Å². The van der Waals surface area contributed by atoms with Gasteiger partial charge in [-0.3, -0.25) is 15.0 Å². The summed E-state index contributed by atoms with van der Waals surface area (Å²) in [7, 11) is 3.87. The molecule has 1 amide bonds. The third-order valence-corrected chi connectivity index (χ3v) is 2.44. The van der Waals surface area contributed by atoms with E-state index in [1.807, 2.05) is 31.1 Å². The average Bonchev–Trinajstić information content (AvgIpc) is 2.35. The zero-order valence-electron chi connectivity index (χ0n) is 11.7. The number of amides is 1. The molecule has 0 unspecified atom stereocenters. The van der Waals surface area contributed by atoms with Crippen LogP contribution in [-0.4, -0.2) is 25.8 Å². The van der Waals surface area contributed by atoms with E-state index in [1.54, 1.807) is 19.1 Å². The Balaban J connectivity index is 2.61. The molecule has 5 nitrogen and oxygen atoms in total. The third-order valence-electron chi connectivity index (χ3n) is 2.44. The van der Waals surface area contributed by atoms with Crippen LogP contribution in [0.25, 0.3) is 0 Å². The van der Waals surface area contributed by atoms with Crippen LogP contribution in [0.1, 0.15) is 24.2 Å². The number of anilines is 1. The summed E-state index contributed by atoms with van der Waals surface area (Å²) in [5.74, 6) is -0.323. The molecule has 0 fully saturated rings. The van der Waals surface area contributed by atoms with E-state index >= 15 is 0 Å². The predicted octanol–water partition coefficient (Wildman–Crippen LogP) is 1.48. The molecular weight excluding hydrogens is 242 g/mol. The zero-order chi connectivity index (χ0) is 14.4. The van der Waals surface area contributed by atoms with Crippen molar-refractivity contribution in [2.75, 3.05) is 19.0 Å². The van der Waals surface area contributed by atoms with Crippen molar-refractivity contribution < 1.29 is 9.59 Å². The fourth-order valence-electron chi connectivity index (χ4n) is 1.48. The number of ketones is 1. The third kappa shape index (κ3) is 4.83. The van der Waals surface area contributed by atoms with E-state index in [4.69, 9.17) is 0 Å². The quantitative estimate of drug-likeness (QED) is 0.622. The van der Waals surface area contributed by atoms with Crippen LogP contribution in [0, 0.1) is 0 Å². The van der Waals surface area contributed by atoms with Crippen molar-refractivity contribution in [2.24, 2.45) is 0 Å². The molecule has 0 aromatic heterocycles. The van der Waals surface area contributed by atoms with Gasteiger partial charge in [-0.25, -0.2) is 0 Å². The van der Waals surface area contributed by atoms with Gasteiger partial charge in [0.05, 0.1) is 0 Å². The van der Waals surface area contributed by atoms with Crippen LogP contribution in [0.5, 0.6) is 0 Å². The molecule has 0 spiro atoms. The van der Waals surface area contributed by atoms with Crippen molar-refractivity contribution in [3.05, 3.63) is 41.6 Å². The molecule has 102 valence electrons. The van der Waals surface area contributed by atoms with Gasteiger partial charge in [0.2, 0.25) is 0 Å². The molecule has 0 radical (unpaired) electrons. The molecular formula is C14H19N3O2. The number of rotatable bonds is 5. The van der Waals surface area contributed by atoms with Crippen LogP contribution in [-0.2, 0) is 4.79 Å². The van der Waals surface area contributed by atoms with Crippen LogP contribution in [0.3, 0.4) is 0 Å². The second-order valence-electron chi connectivity index (χ2n) is 4.46. The highest BCUT2D eigenvalue weighted by molar-refractivity contribution is 5.94. The molecule has 0 heterocycles. The Labute approximate surface area is 113 Å². The Morgan fingerprint density at radius 1 is 1.05 bits per heavy atom. The number of hydrogen-bond acceptors (Lipinski definition) is 4. The van der Waals surface area contributed by atoms with Gasteiger partial charge in [0.15, 0.2) is 5.78 Å². The van der Waals surface area contributed by atoms with Crippen molar-refractivity contribution in [1.29, 1.82) is 0 Å². The topological polar surface area (TPSA) is 61.4 Å². The number of carbonyl (C=O) groups excluding carboxylic acids is 2. The van der Waals surface area contributed by atoms with Gasteiger partial charge in [-0.1, -0.05) is 0 Å². The maximum Gasteiger partial charge on any atom is 0.269 e. The minimum atomic E-state index is -0.249. The molecule has 0 saturated carbocycles. The van der Waals surface area contributed by atoms with Crippen molar-refractivity contribution in [2.45, 2.75) is 13.8 Å². The second kappa shape index (κ2) is 6.58. The first-order chi connectivity index (χ1) is 8.90. The van der Waals surface area contributed by atoms with Gasteiger partial charge in [0.1, 0.15) is 0 Å². The number of nitrogens with one attached hydrogen (secondary N) is 2. The van der Waals surface area contributed by atoms with Gasteiger partial charge < -0.3 is 10.3 Å². The van der Waals surface area contributed by atoms with Crippen LogP contribution < -0.4 is 15.8 Å². The number of nitrogens with zero attached hydrogens (tertiary/aromatic N) is 1. The fourth-order valence-corrected chi connectivity index (χ4v) is 1.48. The van der Waals surface area contributed by atoms with Gasteiger partial charge in [0, 0.05) is 37.1 Å². The number of hydrazine groups is 1. The van der Waals surface area contributed by atoms with E-state index in [0.29, 0.717) is 11.3 Å². The molecule has 0 aliphatic rings. The molecule has 2 N–H and O–H groups in total. The smallest absolute Gasteiger partial charge is 0.269 e. The molecule has 1 rings (SSSR count). The van der Waals surface area contributed by atoms with Gasteiger partial charge in [-0.05, 0) is 38.1 Å². The van der Waals surface area contributed by atoms with Crippen LogP contribution in [0.4, 0.5) is 5.69 Å². The summed E-state index contributed by atoms with van der Waals surface area (Å²) in [6.45, 7) is 3.16. The van der Waals surface area contributed by atoms with Gasteiger partial charge in [-0.15, -0.1) is 0 Å². The molecule has 19 heavy (non-hydrogen) atoms. The summed E-state index contributed by atoms with van der Waals surface area (Å²) >= 11 is 0. The lowest BCUT2D eigenvalue weighted by atomic mass is 10.2. The van der Waals surface area contributed by atoms with E-state index in [1.165, 1.54) is 13.0 Å². The average molecular weight is 261 g/mol. The highest BCUT2D eigenvalue weighted by Crippen LogP contribution is 2.11. The summed E-state index contributed by atoms with van der Waals surface area (Å²) in [6.07, 6.45) is 1.41. The highest BCUT2D eigenvalue weighted by Gasteiger charge is 2.05. The number of allylic oxidation sites excluding steroid dienone is 2. The summed E-state index contributed by atoms with van der Waals surface area (Å²) in [4.78, 5) is 24.6. The lowest BCUT2D eigenvalue weighted by Gasteiger charge is -2.13. The molecule has 0 aliphatic carbocycles. The standard InChI is InChI=1S/C14H19N3O2/c1-10(9-11(2)18)15-16-14(19)12-5-7-13(8-6-12)17(3)4/h5-9,15H,1-4H3,(H,16,19)/b10-9+. The van der Waals surface area contributed by atoms with Crippen LogP contribution in [0.2, 0.25) is 0 Å². The molecule has 0 saturated heterocycles. The summed E-state index contributed by atoms with van der Waals surface area (Å²) in [5.41, 5.74) is 7.37. The maximum absolute atomic E-state index is 11.8. The molecule has 0 bridgehead atoms.